The number of likely N-dealkylation sites (N-methyl/N-ethyl adjacent to an activating group) is 1. The monoisotopic (exact) mass is 401 g/mol. The number of aromatic nitrogens is 4. The van der Waals surface area contributed by atoms with Crippen LogP contribution in [0.5, 0.6) is 0 Å². The summed E-state index contributed by atoms with van der Waals surface area (Å²) >= 11 is 0. The standard InChI is InChI=1S/C23H23N5O.CH4/c1-15-4-7-20(25-24-15)16-8-11-28(23(29)12-16)17-5-6-18-19-14-26(2)10-9-21(19)27(3)22(18)13-17;/h4-8,11-13H,9-10,14H2,1-3H3;1H4. The van der Waals surface area contributed by atoms with Crippen LogP contribution in [0.3, 0.4) is 0 Å². The number of nitrogens with zero attached hydrogens (tertiary/aromatic N) is 5. The predicted octanol–water partition coefficient (Wildman–Crippen LogP) is 3.72. The van der Waals surface area contributed by atoms with Crippen LogP contribution in [0.25, 0.3) is 27.8 Å². The first-order valence-corrected chi connectivity index (χ1v) is 9.84. The average Bonchev–Trinajstić information content (AvgIpc) is 2.99. The molecule has 0 bridgehead atoms. The van der Waals surface area contributed by atoms with Crippen molar-refractivity contribution >= 4 is 10.9 Å². The zero-order chi connectivity index (χ0) is 20.1. The van der Waals surface area contributed by atoms with Crippen molar-refractivity contribution in [1.82, 2.24) is 24.2 Å². The van der Waals surface area contributed by atoms with E-state index in [1.54, 1.807) is 10.6 Å². The maximum absolute atomic E-state index is 12.8. The topological polar surface area (TPSA) is 56.0 Å². The van der Waals surface area contributed by atoms with Gasteiger partial charge in [0.05, 0.1) is 22.6 Å². The van der Waals surface area contributed by atoms with Crippen LogP contribution in [0.4, 0.5) is 0 Å². The van der Waals surface area contributed by atoms with Gasteiger partial charge >= 0.3 is 0 Å². The van der Waals surface area contributed by atoms with E-state index < -0.39 is 0 Å². The Labute approximate surface area is 176 Å². The Morgan fingerprint density at radius 1 is 1.00 bits per heavy atom. The molecule has 0 N–H and O–H groups in total. The molecule has 3 aromatic heterocycles. The van der Waals surface area contributed by atoms with Gasteiger partial charge in [-0.05, 0) is 49.9 Å². The minimum absolute atomic E-state index is 0. The highest BCUT2D eigenvalue weighted by molar-refractivity contribution is 5.87. The first kappa shape index (κ1) is 20.0. The van der Waals surface area contributed by atoms with Crippen molar-refractivity contribution in [2.45, 2.75) is 27.3 Å². The highest BCUT2D eigenvalue weighted by atomic mass is 16.1. The SMILES string of the molecule is C.Cc1ccc(-c2ccn(-c3ccc4c5c(n(C)c4c3)CCN(C)C5)c(=O)c2)nn1. The fourth-order valence-electron chi connectivity index (χ4n) is 4.25. The molecule has 6 nitrogen and oxygen atoms in total. The molecule has 4 heterocycles. The van der Waals surface area contributed by atoms with Gasteiger partial charge < -0.3 is 9.47 Å². The highest BCUT2D eigenvalue weighted by Gasteiger charge is 2.21. The minimum atomic E-state index is -0.0806. The second kappa shape index (κ2) is 7.54. The van der Waals surface area contributed by atoms with E-state index in [4.69, 9.17) is 0 Å². The van der Waals surface area contributed by atoms with E-state index >= 15 is 0 Å². The summed E-state index contributed by atoms with van der Waals surface area (Å²) in [5, 5.41) is 9.54. The minimum Gasteiger partial charge on any atom is -0.347 e. The summed E-state index contributed by atoms with van der Waals surface area (Å²) in [6, 6.07) is 13.6. The van der Waals surface area contributed by atoms with Crippen molar-refractivity contribution in [3.8, 4) is 16.9 Å². The molecule has 6 heteroatoms. The molecule has 0 spiro atoms. The van der Waals surface area contributed by atoms with Gasteiger partial charge in [0.2, 0.25) is 0 Å². The zero-order valence-corrected chi connectivity index (χ0v) is 16.9. The van der Waals surface area contributed by atoms with Gasteiger partial charge in [0.15, 0.2) is 0 Å². The second-order valence-corrected chi connectivity index (χ2v) is 7.86. The van der Waals surface area contributed by atoms with Crippen LogP contribution < -0.4 is 5.56 Å². The van der Waals surface area contributed by atoms with Crippen LogP contribution in [0.15, 0.2) is 53.5 Å². The Hall–Kier alpha value is -3.25. The van der Waals surface area contributed by atoms with Crippen LogP contribution in [0.1, 0.15) is 24.4 Å². The molecule has 0 aliphatic carbocycles. The summed E-state index contributed by atoms with van der Waals surface area (Å²) in [4.78, 5) is 15.2. The zero-order valence-electron chi connectivity index (χ0n) is 16.9. The van der Waals surface area contributed by atoms with E-state index in [1.165, 1.54) is 22.2 Å². The van der Waals surface area contributed by atoms with Gasteiger partial charge in [-0.2, -0.15) is 10.2 Å². The molecule has 1 aliphatic rings. The van der Waals surface area contributed by atoms with Crippen LogP contribution in [-0.2, 0) is 20.0 Å². The number of aryl methyl sites for hydroxylation is 2. The Balaban J connectivity index is 0.00000218. The summed E-state index contributed by atoms with van der Waals surface area (Å²) in [5.74, 6) is 0. The number of pyridine rings is 1. The molecule has 154 valence electrons. The Morgan fingerprint density at radius 3 is 2.57 bits per heavy atom. The summed E-state index contributed by atoms with van der Waals surface area (Å²) in [6.07, 6.45) is 2.87. The number of benzene rings is 1. The smallest absolute Gasteiger partial charge is 0.255 e. The fourth-order valence-corrected chi connectivity index (χ4v) is 4.25. The Kier molecular flexibility index (Phi) is 5.03. The third-order valence-corrected chi connectivity index (χ3v) is 5.87. The van der Waals surface area contributed by atoms with E-state index in [9.17, 15) is 4.79 Å². The maximum Gasteiger partial charge on any atom is 0.255 e. The predicted molar refractivity (Wildman–Crippen MR) is 121 cm³/mol. The molecule has 0 atom stereocenters. The lowest BCUT2D eigenvalue weighted by Gasteiger charge is -2.23. The quantitative estimate of drug-likeness (QED) is 0.514. The first-order valence-electron chi connectivity index (χ1n) is 9.84. The van der Waals surface area contributed by atoms with Gasteiger partial charge in [-0.25, -0.2) is 0 Å². The molecule has 4 aromatic rings. The summed E-state index contributed by atoms with van der Waals surface area (Å²) < 4.78 is 3.96. The molecule has 0 radical (unpaired) electrons. The van der Waals surface area contributed by atoms with Crippen molar-refractivity contribution in [3.05, 3.63) is 76.0 Å². The van der Waals surface area contributed by atoms with Crippen LogP contribution >= 0.6 is 0 Å². The molecular weight excluding hydrogens is 374 g/mol. The molecule has 0 amide bonds. The lowest BCUT2D eigenvalue weighted by atomic mass is 10.0. The molecule has 0 saturated carbocycles. The van der Waals surface area contributed by atoms with E-state index in [-0.39, 0.29) is 13.0 Å². The van der Waals surface area contributed by atoms with Crippen LogP contribution in [-0.4, -0.2) is 37.8 Å². The molecule has 0 unspecified atom stereocenters. The lowest BCUT2D eigenvalue weighted by molar-refractivity contribution is 0.310. The second-order valence-electron chi connectivity index (χ2n) is 7.86. The van der Waals surface area contributed by atoms with E-state index in [0.717, 1.165) is 36.5 Å². The molecule has 5 rings (SSSR count). The third kappa shape index (κ3) is 3.23. The normalized spacial score (nSPS) is 13.8. The van der Waals surface area contributed by atoms with Gasteiger partial charge in [0.25, 0.3) is 5.56 Å². The average molecular weight is 402 g/mol. The maximum atomic E-state index is 12.8. The third-order valence-electron chi connectivity index (χ3n) is 5.87. The van der Waals surface area contributed by atoms with Crippen molar-refractivity contribution < 1.29 is 0 Å². The van der Waals surface area contributed by atoms with Crippen molar-refractivity contribution in [2.75, 3.05) is 13.6 Å². The fraction of sp³-hybridized carbons (Fsp3) is 0.292. The number of hydrogen-bond donors (Lipinski definition) is 0. The van der Waals surface area contributed by atoms with E-state index in [1.807, 2.05) is 37.4 Å². The van der Waals surface area contributed by atoms with Crippen molar-refractivity contribution in [2.24, 2.45) is 7.05 Å². The van der Waals surface area contributed by atoms with Gasteiger partial charge in [-0.1, -0.05) is 13.5 Å². The number of rotatable bonds is 2. The number of hydrogen-bond acceptors (Lipinski definition) is 4. The van der Waals surface area contributed by atoms with Crippen LogP contribution in [0, 0.1) is 6.92 Å². The van der Waals surface area contributed by atoms with Crippen LogP contribution in [0.2, 0.25) is 0 Å². The van der Waals surface area contributed by atoms with Gasteiger partial charge in [0, 0.05) is 55.5 Å². The van der Waals surface area contributed by atoms with Gasteiger partial charge in [-0.15, -0.1) is 0 Å². The van der Waals surface area contributed by atoms with Crippen molar-refractivity contribution in [3.63, 3.8) is 0 Å². The summed E-state index contributed by atoms with van der Waals surface area (Å²) in [6.45, 7) is 3.94. The summed E-state index contributed by atoms with van der Waals surface area (Å²) in [5.41, 5.74) is 7.10. The largest absolute Gasteiger partial charge is 0.347 e. The molecule has 30 heavy (non-hydrogen) atoms. The molecule has 0 fully saturated rings. The molecule has 0 saturated heterocycles. The molecule has 1 aliphatic heterocycles. The van der Waals surface area contributed by atoms with E-state index in [2.05, 4.69) is 45.9 Å². The molecular formula is C24H27N5O. The van der Waals surface area contributed by atoms with Gasteiger partial charge in [0.1, 0.15) is 0 Å². The lowest BCUT2D eigenvalue weighted by Crippen LogP contribution is -2.26. The Bertz CT molecular complexity index is 1280. The van der Waals surface area contributed by atoms with Crippen molar-refractivity contribution in [1.29, 1.82) is 0 Å². The highest BCUT2D eigenvalue weighted by Crippen LogP contribution is 2.31. The van der Waals surface area contributed by atoms with Gasteiger partial charge in [-0.3, -0.25) is 9.36 Å². The summed E-state index contributed by atoms with van der Waals surface area (Å²) in [7, 11) is 4.29. The first-order chi connectivity index (χ1) is 14.0. The van der Waals surface area contributed by atoms with E-state index in [0.29, 0.717) is 5.69 Å². The Morgan fingerprint density at radius 2 is 1.83 bits per heavy atom. The number of fused-ring (bicyclic) bond motifs is 3. The molecule has 1 aromatic carbocycles.